The molecule has 5 rings (SSSR count). The third kappa shape index (κ3) is 3.56. The summed E-state index contributed by atoms with van der Waals surface area (Å²) in [6, 6.07) is 5.24. The van der Waals surface area contributed by atoms with Gasteiger partial charge in [-0.3, -0.25) is 4.79 Å². The highest BCUT2D eigenvalue weighted by atomic mass is 19.1. The third-order valence-electron chi connectivity index (χ3n) is 5.20. The van der Waals surface area contributed by atoms with Gasteiger partial charge in [-0.05, 0) is 18.6 Å². The maximum absolute atomic E-state index is 15.2. The first kappa shape index (κ1) is 19.3. The summed E-state index contributed by atoms with van der Waals surface area (Å²) >= 11 is 0. The summed E-state index contributed by atoms with van der Waals surface area (Å²) in [7, 11) is 1.55. The molecule has 2 aromatic heterocycles. The minimum absolute atomic E-state index is 0.0565. The first-order chi connectivity index (χ1) is 15.0. The average Bonchev–Trinajstić information content (AvgIpc) is 3.32. The molecule has 1 fully saturated rings. The van der Waals surface area contributed by atoms with E-state index in [0.717, 1.165) is 0 Å². The molecule has 162 valence electrons. The molecule has 3 aromatic rings. The minimum atomic E-state index is -0.920. The first-order valence-electron chi connectivity index (χ1n) is 9.89. The number of amides is 1. The molecule has 0 saturated heterocycles. The van der Waals surface area contributed by atoms with Crippen molar-refractivity contribution in [2.24, 2.45) is 5.92 Å². The molecule has 1 aliphatic carbocycles. The summed E-state index contributed by atoms with van der Waals surface area (Å²) in [4.78, 5) is 16.6. The maximum atomic E-state index is 15.2. The summed E-state index contributed by atoms with van der Waals surface area (Å²) in [5.41, 5.74) is 1.02. The molecule has 3 N–H and O–H groups in total. The number of aromatic nitrogens is 3. The SMILES string of the molecule is CNc1c(F)c(Nc2cccc3c2OCCO3)nc2c(NC(=O)C[C@@H]3C[C@@H]3F)cnn12. The van der Waals surface area contributed by atoms with E-state index in [4.69, 9.17) is 9.47 Å². The number of ether oxygens (including phenoxy) is 2. The topological polar surface area (TPSA) is 102 Å². The Morgan fingerprint density at radius 1 is 1.29 bits per heavy atom. The highest BCUT2D eigenvalue weighted by molar-refractivity contribution is 5.95. The van der Waals surface area contributed by atoms with Gasteiger partial charge in [-0.25, -0.2) is 9.37 Å². The number of rotatable bonds is 6. The molecule has 0 radical (unpaired) electrons. The van der Waals surface area contributed by atoms with Crippen LogP contribution in [-0.4, -0.2) is 46.9 Å². The van der Waals surface area contributed by atoms with E-state index in [2.05, 4.69) is 26.0 Å². The molecule has 2 aliphatic rings. The number of hydrogen-bond acceptors (Lipinski definition) is 7. The lowest BCUT2D eigenvalue weighted by Gasteiger charge is -2.21. The third-order valence-corrected chi connectivity index (χ3v) is 5.20. The molecule has 11 heteroatoms. The second kappa shape index (κ2) is 7.56. The van der Waals surface area contributed by atoms with Gasteiger partial charge >= 0.3 is 0 Å². The predicted octanol–water partition coefficient (Wildman–Crippen LogP) is 3.11. The Kier molecular flexibility index (Phi) is 4.72. The van der Waals surface area contributed by atoms with Crippen molar-refractivity contribution in [3.8, 4) is 11.5 Å². The molecule has 1 aromatic carbocycles. The number of benzene rings is 1. The van der Waals surface area contributed by atoms with Crippen LogP contribution in [-0.2, 0) is 4.79 Å². The fraction of sp³-hybridized carbons (Fsp3) is 0.350. The number of nitrogens with zero attached hydrogens (tertiary/aromatic N) is 3. The van der Waals surface area contributed by atoms with Crippen LogP contribution >= 0.6 is 0 Å². The summed E-state index contributed by atoms with van der Waals surface area (Å²) in [5.74, 6) is -0.257. The van der Waals surface area contributed by atoms with E-state index in [1.807, 2.05) is 0 Å². The van der Waals surface area contributed by atoms with Crippen LogP contribution in [0.4, 0.5) is 31.8 Å². The van der Waals surface area contributed by atoms with Crippen LogP contribution in [0.5, 0.6) is 11.5 Å². The van der Waals surface area contributed by atoms with Crippen LogP contribution in [0.1, 0.15) is 12.8 Å². The van der Waals surface area contributed by atoms with Crippen molar-refractivity contribution in [1.82, 2.24) is 14.6 Å². The van der Waals surface area contributed by atoms with E-state index >= 15 is 4.39 Å². The average molecular weight is 430 g/mol. The van der Waals surface area contributed by atoms with E-state index in [9.17, 15) is 9.18 Å². The lowest BCUT2D eigenvalue weighted by molar-refractivity contribution is -0.116. The maximum Gasteiger partial charge on any atom is 0.224 e. The van der Waals surface area contributed by atoms with E-state index in [0.29, 0.717) is 42.5 Å². The van der Waals surface area contributed by atoms with Crippen LogP contribution in [0.15, 0.2) is 24.4 Å². The van der Waals surface area contributed by atoms with Crippen LogP contribution in [0.3, 0.4) is 0 Å². The van der Waals surface area contributed by atoms with Gasteiger partial charge in [0, 0.05) is 19.4 Å². The van der Waals surface area contributed by atoms with Crippen molar-refractivity contribution in [1.29, 1.82) is 0 Å². The van der Waals surface area contributed by atoms with Crippen LogP contribution in [0.25, 0.3) is 5.65 Å². The molecule has 0 bridgehead atoms. The molecule has 9 nitrogen and oxygen atoms in total. The van der Waals surface area contributed by atoms with Gasteiger partial charge in [0.2, 0.25) is 11.7 Å². The van der Waals surface area contributed by atoms with Gasteiger partial charge in [-0.1, -0.05) is 6.07 Å². The molecule has 0 spiro atoms. The Bertz CT molecular complexity index is 1170. The Morgan fingerprint density at radius 2 is 2.10 bits per heavy atom. The van der Waals surface area contributed by atoms with Gasteiger partial charge in [0.05, 0.1) is 11.9 Å². The fourth-order valence-electron chi connectivity index (χ4n) is 3.52. The Balaban J connectivity index is 1.49. The smallest absolute Gasteiger partial charge is 0.224 e. The molecule has 31 heavy (non-hydrogen) atoms. The van der Waals surface area contributed by atoms with E-state index < -0.39 is 12.0 Å². The van der Waals surface area contributed by atoms with Crippen LogP contribution in [0.2, 0.25) is 0 Å². The number of halogens is 2. The second-order valence-corrected chi connectivity index (χ2v) is 7.39. The van der Waals surface area contributed by atoms with Gasteiger partial charge in [0.1, 0.15) is 25.1 Å². The lowest BCUT2D eigenvalue weighted by Crippen LogP contribution is -2.16. The zero-order valence-corrected chi connectivity index (χ0v) is 16.6. The van der Waals surface area contributed by atoms with Crippen molar-refractivity contribution in [2.75, 3.05) is 36.2 Å². The van der Waals surface area contributed by atoms with Gasteiger partial charge < -0.3 is 25.4 Å². The number of alkyl halides is 1. The summed E-state index contributed by atoms with van der Waals surface area (Å²) in [6.45, 7) is 0.809. The van der Waals surface area contributed by atoms with Gasteiger partial charge in [-0.15, -0.1) is 0 Å². The zero-order chi connectivity index (χ0) is 21.5. The largest absolute Gasteiger partial charge is 0.486 e. The molecule has 3 heterocycles. The number of carbonyl (C=O) groups excluding carboxylic acids is 1. The molecule has 1 amide bonds. The number of nitrogens with one attached hydrogen (secondary N) is 3. The fourth-order valence-corrected chi connectivity index (χ4v) is 3.52. The van der Waals surface area contributed by atoms with Crippen molar-refractivity contribution in [3.05, 3.63) is 30.2 Å². The number of fused-ring (bicyclic) bond motifs is 2. The minimum Gasteiger partial charge on any atom is -0.486 e. The monoisotopic (exact) mass is 430 g/mol. The molecule has 0 unspecified atom stereocenters. The van der Waals surface area contributed by atoms with Crippen molar-refractivity contribution in [3.63, 3.8) is 0 Å². The normalized spacial score (nSPS) is 19.2. The number of para-hydroxylation sites is 1. The number of anilines is 4. The zero-order valence-electron chi connectivity index (χ0n) is 16.6. The second-order valence-electron chi connectivity index (χ2n) is 7.39. The standard InChI is InChI=1S/C20H20F2N6O3/c1-23-20-16(22)18(26-12-3-2-4-14-17(12)31-6-5-30-14)27-19-13(9-24-28(19)20)25-15(29)8-10-7-11(10)21/h2-4,9-11,23H,5-8H2,1H3,(H,25,29)(H,26,27)/t10-,11-/m0/s1. The number of hydrogen-bond donors (Lipinski definition) is 3. The highest BCUT2D eigenvalue weighted by Crippen LogP contribution is 2.40. The lowest BCUT2D eigenvalue weighted by atomic mass is 10.2. The summed E-state index contributed by atoms with van der Waals surface area (Å²) in [6.07, 6.45) is 0.941. The van der Waals surface area contributed by atoms with E-state index in [1.165, 1.54) is 10.7 Å². The van der Waals surface area contributed by atoms with Gasteiger partial charge in [0.25, 0.3) is 0 Å². The molecular weight excluding hydrogens is 410 g/mol. The summed E-state index contributed by atoms with van der Waals surface area (Å²) < 4.78 is 40.8. The number of carbonyl (C=O) groups is 1. The van der Waals surface area contributed by atoms with Crippen LogP contribution < -0.4 is 25.4 Å². The molecule has 1 aliphatic heterocycles. The highest BCUT2D eigenvalue weighted by Gasteiger charge is 2.38. The van der Waals surface area contributed by atoms with E-state index in [-0.39, 0.29) is 35.5 Å². The van der Waals surface area contributed by atoms with Crippen molar-refractivity contribution in [2.45, 2.75) is 19.0 Å². The molecule has 2 atom stereocenters. The van der Waals surface area contributed by atoms with Crippen LogP contribution in [0, 0.1) is 11.7 Å². The van der Waals surface area contributed by atoms with Crippen molar-refractivity contribution >= 4 is 34.6 Å². The Hall–Kier alpha value is -3.63. The van der Waals surface area contributed by atoms with Gasteiger partial charge in [0.15, 0.2) is 28.8 Å². The molecule has 1 saturated carbocycles. The first-order valence-corrected chi connectivity index (χ1v) is 9.89. The predicted molar refractivity (Wildman–Crippen MR) is 109 cm³/mol. The van der Waals surface area contributed by atoms with Gasteiger partial charge in [-0.2, -0.15) is 14.0 Å². The Morgan fingerprint density at radius 3 is 2.87 bits per heavy atom. The Labute approximate surface area is 175 Å². The van der Waals surface area contributed by atoms with E-state index in [1.54, 1.807) is 25.2 Å². The quantitative estimate of drug-likeness (QED) is 0.552. The summed E-state index contributed by atoms with van der Waals surface area (Å²) in [5, 5.41) is 12.5. The van der Waals surface area contributed by atoms with Crippen molar-refractivity contribution < 1.29 is 23.0 Å². The molecular formula is C20H20F2N6O3.